The van der Waals surface area contributed by atoms with Crippen LogP contribution in [0.4, 0.5) is 0 Å². The quantitative estimate of drug-likeness (QED) is 0.717. The Morgan fingerprint density at radius 1 is 1.36 bits per heavy atom. The smallest absolute Gasteiger partial charge is 0.0489 e. The highest BCUT2D eigenvalue weighted by Crippen LogP contribution is 2.25. The zero-order valence-corrected chi connectivity index (χ0v) is 9.45. The molecule has 3 heteroatoms. The number of hydrogen-bond acceptors (Lipinski definition) is 0. The Morgan fingerprint density at radius 2 is 2.09 bits per heavy atom. The van der Waals surface area contributed by atoms with Crippen molar-refractivity contribution in [2.45, 2.75) is 0 Å². The second-order valence-electron chi connectivity index (χ2n) is 1.93. The summed E-state index contributed by atoms with van der Waals surface area (Å²) in [5.41, 5.74) is 0.992. The Bertz CT molecular complexity index is 261. The summed E-state index contributed by atoms with van der Waals surface area (Å²) in [6, 6.07) is 5.71. The monoisotopic (exact) mass is 294 g/mol. The van der Waals surface area contributed by atoms with Gasteiger partial charge in [-0.25, -0.2) is 0 Å². The molecule has 0 aromatic heterocycles. The van der Waals surface area contributed by atoms with Gasteiger partial charge in [0.1, 0.15) is 0 Å². The average Bonchev–Trinajstić information content (AvgIpc) is 1.97. The molecule has 0 unspecified atom stereocenters. The molecular formula is C8H5Br2Cl. The number of benzene rings is 1. The molecule has 58 valence electrons. The molecule has 0 spiro atoms. The van der Waals surface area contributed by atoms with Crippen LogP contribution in [0.1, 0.15) is 5.56 Å². The van der Waals surface area contributed by atoms with Gasteiger partial charge in [-0.05, 0) is 23.2 Å². The highest BCUT2D eigenvalue weighted by molar-refractivity contribution is 9.11. The Balaban J connectivity index is 3.20. The Morgan fingerprint density at radius 3 is 2.64 bits per heavy atom. The molecule has 0 fully saturated rings. The highest BCUT2D eigenvalue weighted by atomic mass is 79.9. The molecule has 0 aliphatic rings. The minimum Gasteiger partial charge on any atom is -0.0836 e. The van der Waals surface area contributed by atoms with Crippen LogP contribution < -0.4 is 0 Å². The summed E-state index contributed by atoms with van der Waals surface area (Å²) in [5, 5.41) is 0.745. The molecular weight excluding hydrogens is 291 g/mol. The van der Waals surface area contributed by atoms with Crippen molar-refractivity contribution in [3.8, 4) is 0 Å². The van der Waals surface area contributed by atoms with E-state index >= 15 is 0 Å². The molecule has 0 bridgehead atoms. The molecule has 1 rings (SSSR count). The van der Waals surface area contributed by atoms with Crippen LogP contribution in [0.25, 0.3) is 6.08 Å². The van der Waals surface area contributed by atoms with Crippen molar-refractivity contribution < 1.29 is 0 Å². The third-order valence-electron chi connectivity index (χ3n) is 1.23. The van der Waals surface area contributed by atoms with Gasteiger partial charge in [0.15, 0.2) is 0 Å². The third kappa shape index (κ3) is 2.32. The molecule has 0 aliphatic carbocycles. The van der Waals surface area contributed by atoms with Gasteiger partial charge in [0.2, 0.25) is 0 Å². The van der Waals surface area contributed by atoms with Gasteiger partial charge in [0, 0.05) is 15.1 Å². The summed E-state index contributed by atoms with van der Waals surface area (Å²) in [6.07, 6.45) is 1.90. The van der Waals surface area contributed by atoms with E-state index in [0.717, 1.165) is 15.1 Å². The maximum absolute atomic E-state index is 5.91. The van der Waals surface area contributed by atoms with E-state index in [1.165, 1.54) is 0 Å². The highest BCUT2D eigenvalue weighted by Gasteiger charge is 1.98. The lowest BCUT2D eigenvalue weighted by atomic mass is 10.2. The van der Waals surface area contributed by atoms with Gasteiger partial charge in [-0.3, -0.25) is 0 Å². The van der Waals surface area contributed by atoms with Crippen molar-refractivity contribution in [2.75, 3.05) is 0 Å². The molecule has 1 aromatic carbocycles. The molecule has 0 nitrogen and oxygen atoms in total. The first-order valence-electron chi connectivity index (χ1n) is 2.96. The summed E-state index contributed by atoms with van der Waals surface area (Å²) in [4.78, 5) is 1.78. The third-order valence-corrected chi connectivity index (χ3v) is 2.51. The van der Waals surface area contributed by atoms with Gasteiger partial charge in [-0.15, -0.1) is 0 Å². The van der Waals surface area contributed by atoms with Crippen LogP contribution in [0.5, 0.6) is 0 Å². The van der Waals surface area contributed by atoms with Crippen LogP contribution in [0.2, 0.25) is 5.02 Å². The van der Waals surface area contributed by atoms with E-state index in [2.05, 4.69) is 31.9 Å². The van der Waals surface area contributed by atoms with Crippen molar-refractivity contribution >= 4 is 49.5 Å². The molecule has 0 amide bonds. The van der Waals surface area contributed by atoms with Crippen LogP contribution in [0.15, 0.2) is 27.7 Å². The number of rotatable bonds is 1. The lowest BCUT2D eigenvalue weighted by molar-refractivity contribution is 1.60. The van der Waals surface area contributed by atoms with E-state index in [1.807, 2.05) is 24.3 Å². The van der Waals surface area contributed by atoms with E-state index in [0.29, 0.717) is 0 Å². The topological polar surface area (TPSA) is 0 Å². The van der Waals surface area contributed by atoms with Crippen molar-refractivity contribution in [1.82, 2.24) is 0 Å². The molecule has 0 atom stereocenters. The molecule has 11 heavy (non-hydrogen) atoms. The zero-order valence-electron chi connectivity index (χ0n) is 5.52. The molecule has 0 radical (unpaired) electrons. The minimum atomic E-state index is 0.745. The lowest BCUT2D eigenvalue weighted by Crippen LogP contribution is -1.75. The van der Waals surface area contributed by atoms with E-state index in [-0.39, 0.29) is 0 Å². The molecule has 0 saturated heterocycles. The second kappa shape index (κ2) is 4.29. The fourth-order valence-electron chi connectivity index (χ4n) is 0.733. The van der Waals surface area contributed by atoms with Crippen molar-refractivity contribution in [1.29, 1.82) is 0 Å². The first-order valence-corrected chi connectivity index (χ1v) is 5.05. The summed E-state index contributed by atoms with van der Waals surface area (Å²) in [6.45, 7) is 0. The molecule has 0 N–H and O–H groups in total. The molecule has 0 aliphatic heterocycles. The summed E-state index contributed by atoms with van der Waals surface area (Å²) in [7, 11) is 0. The summed E-state index contributed by atoms with van der Waals surface area (Å²) >= 11 is 12.5. The molecule has 0 saturated carbocycles. The van der Waals surface area contributed by atoms with Crippen molar-refractivity contribution in [2.24, 2.45) is 0 Å². The van der Waals surface area contributed by atoms with E-state index in [9.17, 15) is 0 Å². The minimum absolute atomic E-state index is 0.745. The van der Waals surface area contributed by atoms with E-state index in [1.54, 1.807) is 4.99 Å². The van der Waals surface area contributed by atoms with Gasteiger partial charge in [0.25, 0.3) is 0 Å². The van der Waals surface area contributed by atoms with Gasteiger partial charge in [0.05, 0.1) is 0 Å². The maximum atomic E-state index is 5.91. The van der Waals surface area contributed by atoms with Crippen LogP contribution in [-0.2, 0) is 0 Å². The number of hydrogen-bond donors (Lipinski definition) is 0. The van der Waals surface area contributed by atoms with Gasteiger partial charge >= 0.3 is 0 Å². The molecule has 1 aromatic rings. The van der Waals surface area contributed by atoms with Crippen LogP contribution >= 0.6 is 43.5 Å². The molecule has 0 heterocycles. The Labute approximate surface area is 87.5 Å². The lowest BCUT2D eigenvalue weighted by Gasteiger charge is -1.99. The van der Waals surface area contributed by atoms with E-state index in [4.69, 9.17) is 11.6 Å². The van der Waals surface area contributed by atoms with Gasteiger partial charge in [-0.2, -0.15) is 0 Å². The van der Waals surface area contributed by atoms with Crippen LogP contribution in [-0.4, -0.2) is 0 Å². The van der Waals surface area contributed by atoms with Crippen molar-refractivity contribution in [3.05, 3.63) is 38.2 Å². The maximum Gasteiger partial charge on any atom is 0.0489 e. The van der Waals surface area contributed by atoms with Crippen molar-refractivity contribution in [3.63, 3.8) is 0 Å². The summed E-state index contributed by atoms with van der Waals surface area (Å²) < 4.78 is 1.00. The fraction of sp³-hybridized carbons (Fsp3) is 0. The van der Waals surface area contributed by atoms with Crippen LogP contribution in [0.3, 0.4) is 0 Å². The normalized spacial score (nSPS) is 10.8. The Kier molecular flexibility index (Phi) is 3.63. The second-order valence-corrected chi connectivity index (χ2v) is 3.72. The zero-order chi connectivity index (χ0) is 8.27. The predicted molar refractivity (Wildman–Crippen MR) is 57.1 cm³/mol. The van der Waals surface area contributed by atoms with Crippen LogP contribution in [0, 0.1) is 0 Å². The SMILES string of the molecule is Clc1cccc(Br)c1/C=C/Br. The summed E-state index contributed by atoms with van der Waals surface area (Å²) in [5.74, 6) is 0. The van der Waals surface area contributed by atoms with Gasteiger partial charge < -0.3 is 0 Å². The average molecular weight is 296 g/mol. The van der Waals surface area contributed by atoms with E-state index < -0.39 is 0 Å². The van der Waals surface area contributed by atoms with Gasteiger partial charge in [-0.1, -0.05) is 49.5 Å². The number of halogens is 3. The fourth-order valence-corrected chi connectivity index (χ4v) is 1.85. The Hall–Kier alpha value is 0.210. The first-order chi connectivity index (χ1) is 5.25. The first kappa shape index (κ1) is 9.30. The predicted octanol–water partition coefficient (Wildman–Crippen LogP) is 4.47. The standard InChI is InChI=1S/C8H5Br2Cl/c9-5-4-6-7(10)2-1-3-8(6)11/h1-5H/b5-4+. The largest absolute Gasteiger partial charge is 0.0836 e.